The summed E-state index contributed by atoms with van der Waals surface area (Å²) in [5, 5.41) is 20.6. The van der Waals surface area contributed by atoms with Crippen LogP contribution in [0.4, 0.5) is 4.79 Å². The zero-order valence-electron chi connectivity index (χ0n) is 9.39. The quantitative estimate of drug-likeness (QED) is 0.592. The second kappa shape index (κ2) is 4.50. The topological polar surface area (TPSA) is 99.1 Å². The zero-order valence-corrected chi connectivity index (χ0v) is 9.39. The maximum atomic E-state index is 11.9. The number of aliphatic carboxylic acids is 1. The van der Waals surface area contributed by atoms with Gasteiger partial charge in [-0.15, -0.1) is 0 Å². The molecule has 17 heavy (non-hydrogen) atoms. The van der Waals surface area contributed by atoms with Crippen LogP contribution in [0.3, 0.4) is 0 Å². The summed E-state index contributed by atoms with van der Waals surface area (Å²) in [5.41, 5.74) is -1.09. The molecule has 1 saturated carbocycles. The van der Waals surface area contributed by atoms with E-state index in [4.69, 9.17) is 14.9 Å². The van der Waals surface area contributed by atoms with Crippen LogP contribution in [0.2, 0.25) is 0 Å². The lowest BCUT2D eigenvalue weighted by molar-refractivity contribution is -0.140. The molecule has 3 N–H and O–H groups in total. The third-order valence-corrected chi connectivity index (χ3v) is 3.20. The molecule has 96 valence electrons. The minimum atomic E-state index is -1.09. The number of hydrogen-bond donors (Lipinski definition) is 3. The molecule has 1 aliphatic carbocycles. The smallest absolute Gasteiger partial charge is 0.329 e. The van der Waals surface area contributed by atoms with E-state index in [1.54, 1.807) is 0 Å². The number of carboxylic acid groups (broad SMARTS) is 1. The Hall–Kier alpha value is -1.34. The van der Waals surface area contributed by atoms with Crippen molar-refractivity contribution in [2.24, 2.45) is 0 Å². The van der Waals surface area contributed by atoms with Crippen LogP contribution in [0.15, 0.2) is 0 Å². The summed E-state index contributed by atoms with van der Waals surface area (Å²) in [6.45, 7) is 0.869. The van der Waals surface area contributed by atoms with Gasteiger partial charge in [0.25, 0.3) is 0 Å². The number of ether oxygens (including phenoxy) is 1. The van der Waals surface area contributed by atoms with Crippen LogP contribution < -0.4 is 5.32 Å². The van der Waals surface area contributed by atoms with Crippen molar-refractivity contribution in [2.75, 3.05) is 26.4 Å². The highest BCUT2D eigenvalue weighted by Gasteiger charge is 2.52. The van der Waals surface area contributed by atoms with Gasteiger partial charge in [0.05, 0.1) is 25.9 Å². The van der Waals surface area contributed by atoms with E-state index < -0.39 is 23.6 Å². The highest BCUT2D eigenvalue weighted by Crippen LogP contribution is 2.35. The minimum Gasteiger partial charge on any atom is -0.480 e. The summed E-state index contributed by atoms with van der Waals surface area (Å²) < 4.78 is 5.15. The SMILES string of the molecule is O=C(NC1(C(=O)O)CC1)N1CCOCC1CO. The van der Waals surface area contributed by atoms with E-state index in [1.165, 1.54) is 4.90 Å². The molecular formula is C10H16N2O5. The molecule has 2 amide bonds. The molecule has 0 aromatic heterocycles. The van der Waals surface area contributed by atoms with Gasteiger partial charge in [0.2, 0.25) is 0 Å². The van der Waals surface area contributed by atoms with Crippen molar-refractivity contribution in [1.82, 2.24) is 10.2 Å². The number of aliphatic hydroxyl groups is 1. The summed E-state index contributed by atoms with van der Waals surface area (Å²) in [4.78, 5) is 24.3. The molecule has 2 rings (SSSR count). The van der Waals surface area contributed by atoms with Gasteiger partial charge in [0.1, 0.15) is 5.54 Å². The summed E-state index contributed by atoms with van der Waals surface area (Å²) in [5.74, 6) is -1.00. The molecule has 0 radical (unpaired) electrons. The number of nitrogens with one attached hydrogen (secondary N) is 1. The van der Waals surface area contributed by atoms with Crippen molar-refractivity contribution in [3.05, 3.63) is 0 Å². The third kappa shape index (κ3) is 2.34. The molecule has 1 aliphatic heterocycles. The van der Waals surface area contributed by atoms with Gasteiger partial charge in [-0.05, 0) is 12.8 Å². The maximum absolute atomic E-state index is 11.9. The molecule has 2 fully saturated rings. The van der Waals surface area contributed by atoms with Gasteiger partial charge in [0, 0.05) is 6.54 Å². The van der Waals surface area contributed by atoms with Crippen LogP contribution in [0.1, 0.15) is 12.8 Å². The number of aliphatic hydroxyl groups excluding tert-OH is 1. The predicted octanol–water partition coefficient (Wildman–Crippen LogP) is -0.994. The number of morpholine rings is 1. The normalized spacial score (nSPS) is 26.4. The van der Waals surface area contributed by atoms with E-state index in [-0.39, 0.29) is 13.2 Å². The molecule has 7 heteroatoms. The fraction of sp³-hybridized carbons (Fsp3) is 0.800. The second-order valence-electron chi connectivity index (χ2n) is 4.42. The van der Waals surface area contributed by atoms with Crippen LogP contribution in [0.25, 0.3) is 0 Å². The highest BCUT2D eigenvalue weighted by atomic mass is 16.5. The lowest BCUT2D eigenvalue weighted by atomic mass is 10.2. The Morgan fingerprint density at radius 3 is 2.71 bits per heavy atom. The first-order valence-corrected chi connectivity index (χ1v) is 5.60. The lowest BCUT2D eigenvalue weighted by Gasteiger charge is -2.35. The first-order chi connectivity index (χ1) is 8.09. The average molecular weight is 244 g/mol. The van der Waals surface area contributed by atoms with Crippen LogP contribution in [0.5, 0.6) is 0 Å². The number of carbonyl (C=O) groups excluding carboxylic acids is 1. The Kier molecular flexibility index (Phi) is 3.21. The third-order valence-electron chi connectivity index (χ3n) is 3.20. The zero-order chi connectivity index (χ0) is 12.5. The fourth-order valence-electron chi connectivity index (χ4n) is 1.87. The number of hydrogen-bond acceptors (Lipinski definition) is 4. The van der Waals surface area contributed by atoms with E-state index in [9.17, 15) is 9.59 Å². The molecule has 0 spiro atoms. The first kappa shape index (κ1) is 12.1. The number of carbonyl (C=O) groups is 2. The van der Waals surface area contributed by atoms with Crippen molar-refractivity contribution in [2.45, 2.75) is 24.4 Å². The second-order valence-corrected chi connectivity index (χ2v) is 4.42. The number of nitrogens with zero attached hydrogens (tertiary/aromatic N) is 1. The number of urea groups is 1. The van der Waals surface area contributed by atoms with Crippen molar-refractivity contribution in [1.29, 1.82) is 0 Å². The average Bonchev–Trinajstić information content (AvgIpc) is 3.10. The highest BCUT2D eigenvalue weighted by molar-refractivity contribution is 5.89. The van der Waals surface area contributed by atoms with Gasteiger partial charge in [-0.25, -0.2) is 9.59 Å². The Morgan fingerprint density at radius 2 is 2.18 bits per heavy atom. The number of amides is 2. The standard InChI is InChI=1S/C10H16N2O5/c13-5-7-6-17-4-3-12(7)9(16)11-10(1-2-10)8(14)15/h7,13H,1-6H2,(H,11,16)(H,14,15). The van der Waals surface area contributed by atoms with Gasteiger partial charge >= 0.3 is 12.0 Å². The molecule has 1 saturated heterocycles. The van der Waals surface area contributed by atoms with Crippen LogP contribution in [-0.2, 0) is 9.53 Å². The minimum absolute atomic E-state index is 0.187. The van der Waals surface area contributed by atoms with Gasteiger partial charge in [0.15, 0.2) is 0 Å². The van der Waals surface area contributed by atoms with Crippen LogP contribution in [-0.4, -0.2) is 65.1 Å². The Labute approximate surface area is 98.3 Å². The van der Waals surface area contributed by atoms with E-state index in [1.807, 2.05) is 0 Å². The van der Waals surface area contributed by atoms with Gasteiger partial charge in [-0.2, -0.15) is 0 Å². The molecule has 2 aliphatic rings. The van der Waals surface area contributed by atoms with E-state index in [0.717, 1.165) is 0 Å². The molecule has 1 unspecified atom stereocenters. The lowest BCUT2D eigenvalue weighted by Crippen LogP contribution is -2.57. The molecule has 7 nitrogen and oxygen atoms in total. The molecule has 0 bridgehead atoms. The van der Waals surface area contributed by atoms with Gasteiger partial charge in [-0.3, -0.25) is 0 Å². The summed E-state index contributed by atoms with van der Waals surface area (Å²) in [6.07, 6.45) is 0.921. The van der Waals surface area contributed by atoms with Crippen LogP contribution >= 0.6 is 0 Å². The van der Waals surface area contributed by atoms with Crippen molar-refractivity contribution >= 4 is 12.0 Å². The Bertz CT molecular complexity index is 329. The molecule has 0 aromatic carbocycles. The molecule has 0 aromatic rings. The Balaban J connectivity index is 1.97. The Morgan fingerprint density at radius 1 is 1.47 bits per heavy atom. The predicted molar refractivity (Wildman–Crippen MR) is 56.5 cm³/mol. The molecular weight excluding hydrogens is 228 g/mol. The number of rotatable bonds is 3. The fourth-order valence-corrected chi connectivity index (χ4v) is 1.87. The van der Waals surface area contributed by atoms with Crippen molar-refractivity contribution in [3.8, 4) is 0 Å². The summed E-state index contributed by atoms with van der Waals surface area (Å²) >= 11 is 0. The van der Waals surface area contributed by atoms with Gasteiger partial charge in [-0.1, -0.05) is 0 Å². The van der Waals surface area contributed by atoms with E-state index >= 15 is 0 Å². The van der Waals surface area contributed by atoms with Crippen molar-refractivity contribution in [3.63, 3.8) is 0 Å². The molecule has 1 heterocycles. The monoisotopic (exact) mass is 244 g/mol. The number of carboxylic acids is 1. The van der Waals surface area contributed by atoms with E-state index in [2.05, 4.69) is 5.32 Å². The first-order valence-electron chi connectivity index (χ1n) is 5.60. The molecule has 1 atom stereocenters. The van der Waals surface area contributed by atoms with Crippen LogP contribution in [0, 0.1) is 0 Å². The summed E-state index contributed by atoms with van der Waals surface area (Å²) in [6, 6.07) is -0.833. The van der Waals surface area contributed by atoms with E-state index in [0.29, 0.717) is 26.0 Å². The largest absolute Gasteiger partial charge is 0.480 e. The van der Waals surface area contributed by atoms with Gasteiger partial charge < -0.3 is 25.2 Å². The van der Waals surface area contributed by atoms with Crippen molar-refractivity contribution < 1.29 is 24.5 Å². The summed E-state index contributed by atoms with van der Waals surface area (Å²) in [7, 11) is 0. The maximum Gasteiger partial charge on any atom is 0.329 e.